The minimum atomic E-state index is -0.467. The van der Waals surface area contributed by atoms with E-state index in [1.165, 1.54) is 0 Å². The van der Waals surface area contributed by atoms with Crippen LogP contribution in [0.2, 0.25) is 5.02 Å². The first-order valence-electron chi connectivity index (χ1n) is 7.04. The third-order valence-electron chi connectivity index (χ3n) is 3.31. The second kappa shape index (κ2) is 9.32. The largest absolute Gasteiger partial charge is 0.387 e. The lowest BCUT2D eigenvalue weighted by atomic mass is 10.1. The highest BCUT2D eigenvalue weighted by Crippen LogP contribution is 2.15. The van der Waals surface area contributed by atoms with Crippen molar-refractivity contribution >= 4 is 11.6 Å². The predicted molar refractivity (Wildman–Crippen MR) is 81.7 cm³/mol. The molecule has 0 fully saturated rings. The summed E-state index contributed by atoms with van der Waals surface area (Å²) in [4.78, 5) is 2.40. The Morgan fingerprint density at radius 3 is 2.42 bits per heavy atom. The highest BCUT2D eigenvalue weighted by atomic mass is 35.5. The van der Waals surface area contributed by atoms with E-state index in [-0.39, 0.29) is 0 Å². The number of hydrogen-bond donors (Lipinski definition) is 2. The van der Waals surface area contributed by atoms with Crippen molar-refractivity contribution in [3.63, 3.8) is 0 Å². The molecule has 1 unspecified atom stereocenters. The smallest absolute Gasteiger partial charge is 0.0914 e. The number of nitrogens with zero attached hydrogens (tertiary/aromatic N) is 1. The summed E-state index contributed by atoms with van der Waals surface area (Å²) in [5, 5.41) is 14.0. The molecule has 19 heavy (non-hydrogen) atoms. The van der Waals surface area contributed by atoms with Gasteiger partial charge in [-0.2, -0.15) is 0 Å². The molecule has 108 valence electrons. The van der Waals surface area contributed by atoms with Crippen LogP contribution in [0.3, 0.4) is 0 Å². The molecule has 0 radical (unpaired) electrons. The van der Waals surface area contributed by atoms with Gasteiger partial charge in [-0.3, -0.25) is 0 Å². The molecule has 0 heterocycles. The van der Waals surface area contributed by atoms with Gasteiger partial charge in [-0.1, -0.05) is 37.6 Å². The van der Waals surface area contributed by atoms with Gasteiger partial charge in [0.1, 0.15) is 0 Å². The maximum atomic E-state index is 10.00. The number of nitrogens with one attached hydrogen (secondary N) is 1. The van der Waals surface area contributed by atoms with Gasteiger partial charge in [0.2, 0.25) is 0 Å². The second-order valence-corrected chi connectivity index (χ2v) is 5.09. The topological polar surface area (TPSA) is 35.5 Å². The molecule has 1 rings (SSSR count). The highest BCUT2D eigenvalue weighted by molar-refractivity contribution is 6.30. The van der Waals surface area contributed by atoms with Crippen LogP contribution >= 0.6 is 11.6 Å². The summed E-state index contributed by atoms with van der Waals surface area (Å²) in [6, 6.07) is 7.34. The summed E-state index contributed by atoms with van der Waals surface area (Å²) >= 11 is 5.82. The number of halogens is 1. The number of benzene rings is 1. The Morgan fingerprint density at radius 1 is 1.21 bits per heavy atom. The molecule has 0 saturated carbocycles. The van der Waals surface area contributed by atoms with Crippen molar-refractivity contribution < 1.29 is 5.11 Å². The van der Waals surface area contributed by atoms with Crippen molar-refractivity contribution in [2.45, 2.75) is 26.4 Å². The Hall–Kier alpha value is -0.610. The molecule has 0 aliphatic carbocycles. The van der Waals surface area contributed by atoms with Gasteiger partial charge < -0.3 is 15.3 Å². The molecule has 0 saturated heterocycles. The third kappa shape index (κ3) is 6.39. The maximum Gasteiger partial charge on any atom is 0.0914 e. The zero-order valence-electron chi connectivity index (χ0n) is 11.9. The van der Waals surface area contributed by atoms with Gasteiger partial charge in [-0.05, 0) is 50.3 Å². The zero-order chi connectivity index (χ0) is 14.1. The summed E-state index contributed by atoms with van der Waals surface area (Å²) in [6.07, 6.45) is 0.639. The lowest BCUT2D eigenvalue weighted by Gasteiger charge is -2.18. The van der Waals surface area contributed by atoms with Crippen molar-refractivity contribution in [1.29, 1.82) is 0 Å². The summed E-state index contributed by atoms with van der Waals surface area (Å²) in [5.74, 6) is 0. The van der Waals surface area contributed by atoms with Crippen LogP contribution in [0.1, 0.15) is 31.9 Å². The van der Waals surface area contributed by atoms with E-state index in [2.05, 4.69) is 24.1 Å². The lowest BCUT2D eigenvalue weighted by molar-refractivity contribution is 0.174. The summed E-state index contributed by atoms with van der Waals surface area (Å²) < 4.78 is 0. The standard InChI is InChI=1S/C15H25ClN2O/c1-3-18(4-2)11-5-10-17-12-15(19)13-6-8-14(16)9-7-13/h6-9,15,17,19H,3-5,10-12H2,1-2H3. The van der Waals surface area contributed by atoms with E-state index in [9.17, 15) is 5.11 Å². The van der Waals surface area contributed by atoms with Crippen molar-refractivity contribution in [3.05, 3.63) is 34.9 Å². The number of hydrogen-bond acceptors (Lipinski definition) is 3. The minimum Gasteiger partial charge on any atom is -0.387 e. The molecule has 2 N–H and O–H groups in total. The van der Waals surface area contributed by atoms with E-state index in [0.29, 0.717) is 11.6 Å². The van der Waals surface area contributed by atoms with E-state index >= 15 is 0 Å². The predicted octanol–water partition coefficient (Wildman–Crippen LogP) is 2.69. The normalized spacial score (nSPS) is 12.9. The average Bonchev–Trinajstić information content (AvgIpc) is 2.43. The summed E-state index contributed by atoms with van der Waals surface area (Å²) in [7, 11) is 0. The Labute approximate surface area is 121 Å². The Morgan fingerprint density at radius 2 is 1.84 bits per heavy atom. The second-order valence-electron chi connectivity index (χ2n) is 4.65. The number of aliphatic hydroxyl groups excluding tert-OH is 1. The SMILES string of the molecule is CCN(CC)CCCNCC(O)c1ccc(Cl)cc1. The maximum absolute atomic E-state index is 10.00. The zero-order valence-corrected chi connectivity index (χ0v) is 12.7. The van der Waals surface area contributed by atoms with Gasteiger partial charge in [-0.15, -0.1) is 0 Å². The van der Waals surface area contributed by atoms with E-state index in [1.54, 1.807) is 12.1 Å². The monoisotopic (exact) mass is 284 g/mol. The first-order valence-corrected chi connectivity index (χ1v) is 7.41. The van der Waals surface area contributed by atoms with Crippen molar-refractivity contribution in [2.24, 2.45) is 0 Å². The molecule has 4 heteroatoms. The molecule has 3 nitrogen and oxygen atoms in total. The minimum absolute atomic E-state index is 0.467. The molecule has 0 aliphatic rings. The van der Waals surface area contributed by atoms with Crippen LogP contribution in [-0.4, -0.2) is 42.7 Å². The molecular formula is C15H25ClN2O. The average molecular weight is 285 g/mol. The number of aliphatic hydroxyl groups is 1. The fourth-order valence-electron chi connectivity index (χ4n) is 2.01. The highest BCUT2D eigenvalue weighted by Gasteiger charge is 2.06. The Bertz CT molecular complexity index is 339. The van der Waals surface area contributed by atoms with E-state index in [0.717, 1.165) is 38.2 Å². The molecule has 0 aromatic heterocycles. The molecule has 0 spiro atoms. The quantitative estimate of drug-likeness (QED) is 0.685. The van der Waals surface area contributed by atoms with Gasteiger partial charge >= 0.3 is 0 Å². The van der Waals surface area contributed by atoms with Gasteiger partial charge in [0.25, 0.3) is 0 Å². The Balaban J connectivity index is 2.17. The summed E-state index contributed by atoms with van der Waals surface area (Å²) in [5.41, 5.74) is 0.903. The van der Waals surface area contributed by atoms with Crippen LogP contribution in [0.15, 0.2) is 24.3 Å². The van der Waals surface area contributed by atoms with Crippen LogP contribution in [0.5, 0.6) is 0 Å². The van der Waals surface area contributed by atoms with Crippen LogP contribution in [0.25, 0.3) is 0 Å². The number of rotatable bonds is 9. The molecule has 0 amide bonds. The molecule has 1 aromatic carbocycles. The van der Waals surface area contributed by atoms with E-state index < -0.39 is 6.10 Å². The fraction of sp³-hybridized carbons (Fsp3) is 0.600. The molecule has 1 atom stereocenters. The first kappa shape index (κ1) is 16.4. The molecule has 1 aromatic rings. The molecule has 0 bridgehead atoms. The summed E-state index contributed by atoms with van der Waals surface area (Å²) in [6.45, 7) is 9.19. The van der Waals surface area contributed by atoms with Crippen molar-refractivity contribution in [2.75, 3.05) is 32.7 Å². The van der Waals surface area contributed by atoms with Gasteiger partial charge in [0.15, 0.2) is 0 Å². The van der Waals surface area contributed by atoms with E-state index in [4.69, 9.17) is 11.6 Å². The van der Waals surface area contributed by atoms with Gasteiger partial charge in [-0.25, -0.2) is 0 Å². The fourth-order valence-corrected chi connectivity index (χ4v) is 2.14. The van der Waals surface area contributed by atoms with Crippen LogP contribution in [-0.2, 0) is 0 Å². The van der Waals surface area contributed by atoms with Crippen molar-refractivity contribution in [3.8, 4) is 0 Å². The van der Waals surface area contributed by atoms with Gasteiger partial charge in [0, 0.05) is 11.6 Å². The first-order chi connectivity index (χ1) is 9.17. The van der Waals surface area contributed by atoms with Crippen LogP contribution < -0.4 is 5.32 Å². The van der Waals surface area contributed by atoms with Crippen LogP contribution in [0, 0.1) is 0 Å². The molecular weight excluding hydrogens is 260 g/mol. The molecule has 0 aliphatic heterocycles. The lowest BCUT2D eigenvalue weighted by Crippen LogP contribution is -2.28. The van der Waals surface area contributed by atoms with Crippen molar-refractivity contribution in [1.82, 2.24) is 10.2 Å². The van der Waals surface area contributed by atoms with E-state index in [1.807, 2.05) is 12.1 Å². The Kier molecular flexibility index (Phi) is 8.07. The third-order valence-corrected chi connectivity index (χ3v) is 3.57. The van der Waals surface area contributed by atoms with Crippen LogP contribution in [0.4, 0.5) is 0 Å². The van der Waals surface area contributed by atoms with Gasteiger partial charge in [0.05, 0.1) is 6.10 Å².